The second-order valence-corrected chi connectivity index (χ2v) is 5.16. The van der Waals surface area contributed by atoms with Gasteiger partial charge in [-0.3, -0.25) is 10.2 Å². The number of ether oxygens (including phenoxy) is 1. The summed E-state index contributed by atoms with van der Waals surface area (Å²) in [5.74, 6) is 5.70. The van der Waals surface area contributed by atoms with Crippen LogP contribution < -0.4 is 16.0 Å². The zero-order valence-electron chi connectivity index (χ0n) is 12.6. The van der Waals surface area contributed by atoms with Gasteiger partial charge in [0.25, 0.3) is 5.91 Å². The van der Waals surface area contributed by atoms with E-state index in [0.717, 1.165) is 16.9 Å². The van der Waals surface area contributed by atoms with Crippen molar-refractivity contribution in [2.75, 3.05) is 0 Å². The molecule has 0 radical (unpaired) electrons. The topological polar surface area (TPSA) is 64.3 Å². The minimum absolute atomic E-state index is 0.298. The van der Waals surface area contributed by atoms with E-state index in [9.17, 15) is 4.79 Å². The summed E-state index contributed by atoms with van der Waals surface area (Å²) >= 11 is 0. The fraction of sp³-hybridized carbons (Fsp3) is 0.235. The second-order valence-electron chi connectivity index (χ2n) is 5.16. The smallest absolute Gasteiger partial charge is 0.265 e. The van der Waals surface area contributed by atoms with Crippen LogP contribution in [0.5, 0.6) is 5.75 Å². The second kappa shape index (κ2) is 6.41. The van der Waals surface area contributed by atoms with E-state index in [1.807, 2.05) is 18.2 Å². The van der Waals surface area contributed by atoms with Crippen molar-refractivity contribution in [2.24, 2.45) is 5.84 Å². The molecule has 0 aromatic heterocycles. The van der Waals surface area contributed by atoms with Gasteiger partial charge in [-0.25, -0.2) is 5.84 Å². The zero-order chi connectivity index (χ0) is 15.4. The quantitative estimate of drug-likeness (QED) is 0.515. The third-order valence-electron chi connectivity index (χ3n) is 3.51. The van der Waals surface area contributed by atoms with Crippen LogP contribution in [-0.4, -0.2) is 5.91 Å². The van der Waals surface area contributed by atoms with Gasteiger partial charge < -0.3 is 4.74 Å². The van der Waals surface area contributed by atoms with E-state index < -0.39 is 0 Å². The Morgan fingerprint density at radius 2 is 1.81 bits per heavy atom. The molecule has 0 spiro atoms. The molecule has 1 amide bonds. The highest BCUT2D eigenvalue weighted by Gasteiger charge is 2.06. The van der Waals surface area contributed by atoms with E-state index in [1.165, 1.54) is 11.1 Å². The van der Waals surface area contributed by atoms with Gasteiger partial charge in [0, 0.05) is 5.56 Å². The SMILES string of the molecule is Cc1cc(C)c(C)c(OCc2ccc(C(=O)NN)cc2)c1. The van der Waals surface area contributed by atoms with E-state index in [4.69, 9.17) is 10.6 Å². The van der Waals surface area contributed by atoms with Gasteiger partial charge in [-0.1, -0.05) is 18.2 Å². The minimum atomic E-state index is -0.298. The highest BCUT2D eigenvalue weighted by molar-refractivity contribution is 5.93. The first kappa shape index (κ1) is 15.1. The average molecular weight is 284 g/mol. The number of carbonyl (C=O) groups is 1. The van der Waals surface area contributed by atoms with E-state index in [0.29, 0.717) is 12.2 Å². The third-order valence-corrected chi connectivity index (χ3v) is 3.51. The molecule has 110 valence electrons. The van der Waals surface area contributed by atoms with Gasteiger partial charge >= 0.3 is 0 Å². The van der Waals surface area contributed by atoms with Crippen molar-refractivity contribution in [1.82, 2.24) is 5.43 Å². The summed E-state index contributed by atoms with van der Waals surface area (Å²) in [5, 5.41) is 0. The normalized spacial score (nSPS) is 10.3. The molecule has 0 unspecified atom stereocenters. The van der Waals surface area contributed by atoms with Crippen LogP contribution in [0.15, 0.2) is 36.4 Å². The summed E-state index contributed by atoms with van der Waals surface area (Å²) in [6, 6.07) is 11.4. The van der Waals surface area contributed by atoms with Crippen LogP contribution in [0, 0.1) is 20.8 Å². The van der Waals surface area contributed by atoms with Gasteiger partial charge in [-0.15, -0.1) is 0 Å². The number of benzene rings is 2. The van der Waals surface area contributed by atoms with Crippen molar-refractivity contribution in [2.45, 2.75) is 27.4 Å². The summed E-state index contributed by atoms with van der Waals surface area (Å²) in [4.78, 5) is 11.4. The van der Waals surface area contributed by atoms with Crippen molar-refractivity contribution in [1.29, 1.82) is 0 Å². The molecule has 0 aliphatic heterocycles. The lowest BCUT2D eigenvalue weighted by molar-refractivity contribution is 0.0953. The molecule has 0 heterocycles. The number of nitrogens with two attached hydrogens (primary N) is 1. The minimum Gasteiger partial charge on any atom is -0.489 e. The standard InChI is InChI=1S/C17H20N2O2/c1-11-8-12(2)13(3)16(9-11)21-10-14-4-6-15(7-5-14)17(20)19-18/h4-9H,10,18H2,1-3H3,(H,19,20). The molecular formula is C17H20N2O2. The number of carbonyl (C=O) groups excluding carboxylic acids is 1. The van der Waals surface area contributed by atoms with Gasteiger partial charge in [-0.05, 0) is 61.2 Å². The van der Waals surface area contributed by atoms with Gasteiger partial charge in [0.15, 0.2) is 0 Å². The molecule has 2 aromatic rings. The first-order valence-electron chi connectivity index (χ1n) is 6.82. The summed E-state index contributed by atoms with van der Waals surface area (Å²) < 4.78 is 5.89. The first-order chi connectivity index (χ1) is 10.0. The Kier molecular flexibility index (Phi) is 4.60. The first-order valence-corrected chi connectivity index (χ1v) is 6.82. The molecule has 21 heavy (non-hydrogen) atoms. The number of nitrogens with one attached hydrogen (secondary N) is 1. The maximum Gasteiger partial charge on any atom is 0.265 e. The molecule has 4 nitrogen and oxygen atoms in total. The molecule has 2 aromatic carbocycles. The Hall–Kier alpha value is -2.33. The molecule has 4 heteroatoms. The molecule has 0 fully saturated rings. The van der Waals surface area contributed by atoms with Gasteiger partial charge in [-0.2, -0.15) is 0 Å². The Bertz CT molecular complexity index is 649. The van der Waals surface area contributed by atoms with Crippen LogP contribution in [0.4, 0.5) is 0 Å². The highest BCUT2D eigenvalue weighted by Crippen LogP contribution is 2.24. The maximum atomic E-state index is 11.4. The van der Waals surface area contributed by atoms with Crippen LogP contribution >= 0.6 is 0 Å². The van der Waals surface area contributed by atoms with Crippen LogP contribution in [0.2, 0.25) is 0 Å². The molecule has 0 bridgehead atoms. The fourth-order valence-corrected chi connectivity index (χ4v) is 2.15. The van der Waals surface area contributed by atoms with Crippen LogP contribution in [0.1, 0.15) is 32.6 Å². The predicted molar refractivity (Wildman–Crippen MR) is 83.1 cm³/mol. The zero-order valence-corrected chi connectivity index (χ0v) is 12.6. The molecule has 0 aliphatic rings. The fourth-order valence-electron chi connectivity index (χ4n) is 2.15. The Balaban J connectivity index is 2.08. The summed E-state index contributed by atoms with van der Waals surface area (Å²) in [6.45, 7) is 6.65. The van der Waals surface area contributed by atoms with Crippen molar-refractivity contribution in [3.05, 3.63) is 64.2 Å². The molecule has 0 saturated carbocycles. The van der Waals surface area contributed by atoms with E-state index >= 15 is 0 Å². The number of rotatable bonds is 4. The molecular weight excluding hydrogens is 264 g/mol. The molecule has 2 rings (SSSR count). The Morgan fingerprint density at radius 1 is 1.14 bits per heavy atom. The van der Waals surface area contributed by atoms with Crippen molar-refractivity contribution >= 4 is 5.91 Å². The van der Waals surface area contributed by atoms with Crippen LogP contribution in [0.3, 0.4) is 0 Å². The average Bonchev–Trinajstić information content (AvgIpc) is 2.49. The van der Waals surface area contributed by atoms with Crippen molar-refractivity contribution < 1.29 is 9.53 Å². The summed E-state index contributed by atoms with van der Waals surface area (Å²) in [5.41, 5.74) is 7.20. The third kappa shape index (κ3) is 3.61. The predicted octanol–water partition coefficient (Wildman–Crippen LogP) is 2.79. The molecule has 0 saturated heterocycles. The van der Waals surface area contributed by atoms with Crippen molar-refractivity contribution in [3.63, 3.8) is 0 Å². The number of hydrogen-bond donors (Lipinski definition) is 2. The van der Waals surface area contributed by atoms with Crippen molar-refractivity contribution in [3.8, 4) is 5.75 Å². The Labute approximate surface area is 124 Å². The lowest BCUT2D eigenvalue weighted by Gasteiger charge is -2.12. The van der Waals surface area contributed by atoms with Crippen LogP contribution in [0.25, 0.3) is 0 Å². The number of aryl methyl sites for hydroxylation is 2. The van der Waals surface area contributed by atoms with E-state index in [1.54, 1.807) is 12.1 Å². The number of amides is 1. The lowest BCUT2D eigenvalue weighted by atomic mass is 10.1. The number of nitrogen functional groups attached to an aromatic ring is 1. The lowest BCUT2D eigenvalue weighted by Crippen LogP contribution is -2.29. The molecule has 0 atom stereocenters. The number of hydrazine groups is 1. The number of hydrogen-bond acceptors (Lipinski definition) is 3. The van der Waals surface area contributed by atoms with E-state index in [-0.39, 0.29) is 5.91 Å². The summed E-state index contributed by atoms with van der Waals surface area (Å²) in [6.07, 6.45) is 0. The maximum absolute atomic E-state index is 11.4. The van der Waals surface area contributed by atoms with Gasteiger partial charge in [0.1, 0.15) is 12.4 Å². The highest BCUT2D eigenvalue weighted by atomic mass is 16.5. The monoisotopic (exact) mass is 284 g/mol. The van der Waals surface area contributed by atoms with Gasteiger partial charge in [0.2, 0.25) is 0 Å². The van der Waals surface area contributed by atoms with Crippen LogP contribution in [-0.2, 0) is 6.61 Å². The Morgan fingerprint density at radius 3 is 2.43 bits per heavy atom. The molecule has 3 N–H and O–H groups in total. The van der Waals surface area contributed by atoms with E-state index in [2.05, 4.69) is 32.3 Å². The molecule has 0 aliphatic carbocycles. The van der Waals surface area contributed by atoms with Gasteiger partial charge in [0.05, 0.1) is 0 Å². The summed E-state index contributed by atoms with van der Waals surface area (Å²) in [7, 11) is 0. The largest absolute Gasteiger partial charge is 0.489 e.